The van der Waals surface area contributed by atoms with Gasteiger partial charge in [0.05, 0.1) is 17.5 Å². The lowest BCUT2D eigenvalue weighted by atomic mass is 9.91. The lowest BCUT2D eigenvalue weighted by molar-refractivity contribution is -0.146. The number of benzene rings is 3. The Labute approximate surface area is 257 Å². The molecule has 226 valence electrons. The van der Waals surface area contributed by atoms with Crippen molar-refractivity contribution in [1.29, 1.82) is 0 Å². The minimum Gasteiger partial charge on any atom is -0.390 e. The van der Waals surface area contributed by atoms with E-state index in [4.69, 9.17) is 11.6 Å². The van der Waals surface area contributed by atoms with E-state index in [1.54, 1.807) is 0 Å². The second-order valence-electron chi connectivity index (χ2n) is 11.6. The highest BCUT2D eigenvalue weighted by molar-refractivity contribution is 6.21. The van der Waals surface area contributed by atoms with Gasteiger partial charge in [0, 0.05) is 25.4 Å². The monoisotopic (exact) mass is 603 g/mol. The summed E-state index contributed by atoms with van der Waals surface area (Å²) in [6, 6.07) is 23.3. The maximum absolute atomic E-state index is 13.7. The Hall–Kier alpha value is -3.72. The van der Waals surface area contributed by atoms with Gasteiger partial charge in [-0.1, -0.05) is 78.9 Å². The highest BCUT2D eigenvalue weighted by atomic mass is 35.5. The Bertz CT molecular complexity index is 1450. The number of amides is 3. The summed E-state index contributed by atoms with van der Waals surface area (Å²) in [5.74, 6) is -2.08. The summed E-state index contributed by atoms with van der Waals surface area (Å²) in [4.78, 5) is 41.8. The number of likely N-dealkylation sites (tertiary alicyclic amines) is 1. The second-order valence-corrected chi connectivity index (χ2v) is 12.2. The summed E-state index contributed by atoms with van der Waals surface area (Å²) in [5, 5.41) is 27.3. The molecular weight excluding hydrogens is 566 g/mol. The summed E-state index contributed by atoms with van der Waals surface area (Å²) < 4.78 is 0. The molecule has 1 saturated heterocycles. The molecule has 3 aromatic rings. The van der Waals surface area contributed by atoms with Crippen LogP contribution in [0, 0.1) is 12.8 Å². The fourth-order valence-corrected chi connectivity index (χ4v) is 6.47. The van der Waals surface area contributed by atoms with Crippen LogP contribution in [0.4, 0.5) is 0 Å². The van der Waals surface area contributed by atoms with Gasteiger partial charge in [-0.15, -0.1) is 11.6 Å². The third-order valence-electron chi connectivity index (χ3n) is 8.54. The topological polar surface area (TPSA) is 119 Å². The number of alkyl halides is 1. The Kier molecular flexibility index (Phi) is 9.80. The van der Waals surface area contributed by atoms with Crippen molar-refractivity contribution in [2.24, 2.45) is 5.92 Å². The van der Waals surface area contributed by atoms with E-state index >= 15 is 0 Å². The molecule has 0 aromatic heterocycles. The Morgan fingerprint density at radius 2 is 1.70 bits per heavy atom. The third-order valence-corrected chi connectivity index (χ3v) is 8.86. The minimum atomic E-state index is -1.52. The van der Waals surface area contributed by atoms with Crippen molar-refractivity contribution < 1.29 is 24.6 Å². The van der Waals surface area contributed by atoms with Gasteiger partial charge >= 0.3 is 0 Å². The fraction of sp³-hybridized carbons (Fsp3) is 0.382. The van der Waals surface area contributed by atoms with E-state index in [1.165, 1.54) is 4.90 Å². The summed E-state index contributed by atoms with van der Waals surface area (Å²) in [6.07, 6.45) is -1.44. The van der Waals surface area contributed by atoms with Gasteiger partial charge in [0.15, 0.2) is 0 Å². The lowest BCUT2D eigenvalue weighted by Crippen LogP contribution is -2.50. The van der Waals surface area contributed by atoms with Crippen molar-refractivity contribution >= 4 is 29.3 Å². The molecule has 1 aliphatic heterocycles. The number of hydrogen-bond donors (Lipinski definition) is 4. The van der Waals surface area contributed by atoms with Crippen molar-refractivity contribution in [3.8, 4) is 0 Å². The molecule has 1 heterocycles. The van der Waals surface area contributed by atoms with E-state index < -0.39 is 41.5 Å². The average molecular weight is 604 g/mol. The molecule has 0 spiro atoms. The van der Waals surface area contributed by atoms with Gasteiger partial charge in [-0.05, 0) is 54.0 Å². The quantitative estimate of drug-likeness (QED) is 0.266. The van der Waals surface area contributed by atoms with Crippen molar-refractivity contribution in [2.45, 2.75) is 68.8 Å². The number of fused-ring (bicyclic) bond motifs is 1. The van der Waals surface area contributed by atoms with Crippen LogP contribution >= 0.6 is 11.6 Å². The number of hydrogen-bond acceptors (Lipinski definition) is 5. The van der Waals surface area contributed by atoms with Crippen molar-refractivity contribution in [1.82, 2.24) is 15.5 Å². The number of halogens is 1. The molecule has 2 aliphatic rings. The smallest absolute Gasteiger partial charge is 0.252 e. The lowest BCUT2D eigenvalue weighted by Gasteiger charge is -2.28. The molecule has 5 rings (SSSR count). The number of nitrogens with zero attached hydrogens (tertiary/aromatic N) is 1. The number of carbonyl (C=O) groups is 3. The summed E-state index contributed by atoms with van der Waals surface area (Å²) in [5.41, 5.74) is 4.74. The van der Waals surface area contributed by atoms with Gasteiger partial charge < -0.3 is 25.7 Å². The van der Waals surface area contributed by atoms with Gasteiger partial charge in [-0.2, -0.15) is 0 Å². The molecule has 0 radical (unpaired) electrons. The first-order chi connectivity index (χ1) is 20.7. The van der Waals surface area contributed by atoms with Gasteiger partial charge in [-0.25, -0.2) is 0 Å². The van der Waals surface area contributed by atoms with Crippen molar-refractivity contribution in [3.63, 3.8) is 0 Å². The Morgan fingerprint density at radius 1 is 1.00 bits per heavy atom. The molecule has 0 unspecified atom stereocenters. The zero-order valence-corrected chi connectivity index (χ0v) is 24.9. The first-order valence-electron chi connectivity index (χ1n) is 14.8. The standard InChI is InChI=1S/C34H38ClN3O5/c1-21-9-5-6-13-24(21)19-36-33(42)28-18-26(35)20-38(28)34(43)30(40)17-25(15-22-10-3-2-4-11-22)32(41)37-31-27-14-8-7-12-23(27)16-29(31)39/h2-14,25-26,28-31,39-40H,15-20H2,1H3,(H,36,42)(H,37,41)/t25-,26+,28+,29-,30+,31+/m1/s1. The van der Waals surface area contributed by atoms with Gasteiger partial charge in [-0.3, -0.25) is 14.4 Å². The van der Waals surface area contributed by atoms with Crippen LogP contribution in [0.15, 0.2) is 78.9 Å². The van der Waals surface area contributed by atoms with E-state index in [0.29, 0.717) is 19.4 Å². The number of aliphatic hydroxyl groups excluding tert-OH is 2. The summed E-state index contributed by atoms with van der Waals surface area (Å²) in [7, 11) is 0. The number of nitrogens with one attached hydrogen (secondary N) is 2. The SMILES string of the molecule is Cc1ccccc1CNC(=O)[C@@H]1C[C@H](Cl)CN1C(=O)[C@@H](O)C[C@@H](Cc1ccccc1)C(=O)N[C@H]1c2ccccc2C[C@H]1O. The van der Waals surface area contributed by atoms with Crippen LogP contribution in [0.5, 0.6) is 0 Å². The van der Waals surface area contributed by atoms with Crippen LogP contribution in [0.2, 0.25) is 0 Å². The zero-order chi connectivity index (χ0) is 30.5. The van der Waals surface area contributed by atoms with E-state index in [-0.39, 0.29) is 31.2 Å². The van der Waals surface area contributed by atoms with Crippen LogP contribution in [-0.4, -0.2) is 63.0 Å². The highest BCUT2D eigenvalue weighted by Gasteiger charge is 2.42. The second kappa shape index (κ2) is 13.7. The van der Waals surface area contributed by atoms with E-state index in [1.807, 2.05) is 85.8 Å². The third kappa shape index (κ3) is 7.26. The molecular formula is C34H38ClN3O5. The van der Waals surface area contributed by atoms with Crippen LogP contribution < -0.4 is 10.6 Å². The molecule has 1 fully saturated rings. The molecule has 8 nitrogen and oxygen atoms in total. The zero-order valence-electron chi connectivity index (χ0n) is 24.2. The van der Waals surface area contributed by atoms with Gasteiger partial charge in [0.1, 0.15) is 12.1 Å². The number of rotatable bonds is 10. The Balaban J connectivity index is 1.28. The summed E-state index contributed by atoms with van der Waals surface area (Å²) >= 11 is 6.41. The van der Waals surface area contributed by atoms with Gasteiger partial charge in [0.25, 0.3) is 5.91 Å². The molecule has 9 heteroatoms. The first kappa shape index (κ1) is 30.7. The molecule has 3 amide bonds. The Morgan fingerprint density at radius 3 is 2.47 bits per heavy atom. The predicted octanol–water partition coefficient (Wildman–Crippen LogP) is 3.20. The van der Waals surface area contributed by atoms with Crippen LogP contribution in [0.1, 0.15) is 46.7 Å². The van der Waals surface area contributed by atoms with E-state index in [2.05, 4.69) is 10.6 Å². The average Bonchev–Trinajstić information content (AvgIpc) is 3.55. The first-order valence-corrected chi connectivity index (χ1v) is 15.2. The highest BCUT2D eigenvalue weighted by Crippen LogP contribution is 2.32. The molecule has 6 atom stereocenters. The largest absolute Gasteiger partial charge is 0.390 e. The minimum absolute atomic E-state index is 0.125. The van der Waals surface area contributed by atoms with E-state index in [0.717, 1.165) is 27.8 Å². The van der Waals surface area contributed by atoms with Gasteiger partial charge in [0.2, 0.25) is 11.8 Å². The van der Waals surface area contributed by atoms with Crippen LogP contribution in [-0.2, 0) is 33.8 Å². The number of aliphatic hydroxyl groups is 2. The van der Waals surface area contributed by atoms with Crippen LogP contribution in [0.25, 0.3) is 0 Å². The maximum atomic E-state index is 13.7. The van der Waals surface area contributed by atoms with Crippen molar-refractivity contribution in [2.75, 3.05) is 6.54 Å². The number of carbonyl (C=O) groups excluding carboxylic acids is 3. The molecule has 0 bridgehead atoms. The van der Waals surface area contributed by atoms with E-state index in [9.17, 15) is 24.6 Å². The summed E-state index contributed by atoms with van der Waals surface area (Å²) in [6.45, 7) is 2.40. The normalized spacial score (nSPS) is 22.5. The van der Waals surface area contributed by atoms with Crippen molar-refractivity contribution in [3.05, 3.63) is 107 Å². The number of aryl methyl sites for hydroxylation is 1. The fourth-order valence-electron chi connectivity index (χ4n) is 6.15. The molecule has 4 N–H and O–H groups in total. The molecule has 43 heavy (non-hydrogen) atoms. The predicted molar refractivity (Wildman–Crippen MR) is 164 cm³/mol. The maximum Gasteiger partial charge on any atom is 0.252 e. The molecule has 3 aromatic carbocycles. The van der Waals surface area contributed by atoms with Crippen LogP contribution in [0.3, 0.4) is 0 Å². The molecule has 0 saturated carbocycles. The molecule has 1 aliphatic carbocycles.